The molecule has 0 heterocycles. The minimum absolute atomic E-state index is 0.243. The molecule has 1 aromatic rings. The van der Waals surface area contributed by atoms with E-state index in [2.05, 4.69) is 49.2 Å². The average molecular weight is 305 g/mol. The van der Waals surface area contributed by atoms with E-state index in [0.29, 0.717) is 18.4 Å². The Morgan fingerprint density at radius 1 is 1.32 bits per heavy atom. The van der Waals surface area contributed by atoms with Crippen LogP contribution in [0.4, 0.5) is 5.69 Å². The molecular formula is C18H31N3O. The summed E-state index contributed by atoms with van der Waals surface area (Å²) in [5, 5.41) is 13.9. The van der Waals surface area contributed by atoms with Crippen molar-refractivity contribution in [1.82, 2.24) is 4.90 Å². The third-order valence-electron chi connectivity index (χ3n) is 4.27. The summed E-state index contributed by atoms with van der Waals surface area (Å²) in [5.41, 5.74) is 8.57. The molecule has 1 aliphatic carbocycles. The molecular weight excluding hydrogens is 274 g/mol. The van der Waals surface area contributed by atoms with E-state index >= 15 is 0 Å². The summed E-state index contributed by atoms with van der Waals surface area (Å²) in [5.74, 6) is 0.448. The number of para-hydroxylation sites is 1. The molecule has 0 aliphatic heterocycles. The number of aliphatic hydroxyl groups is 1. The summed E-state index contributed by atoms with van der Waals surface area (Å²) >= 11 is 0. The molecule has 1 fully saturated rings. The second kappa shape index (κ2) is 7.95. The summed E-state index contributed by atoms with van der Waals surface area (Å²) < 4.78 is 0. The van der Waals surface area contributed by atoms with Crippen LogP contribution in [0.3, 0.4) is 0 Å². The maximum atomic E-state index is 10.5. The molecule has 0 saturated heterocycles. The Morgan fingerprint density at radius 2 is 2.00 bits per heavy atom. The van der Waals surface area contributed by atoms with Gasteiger partial charge in [-0.1, -0.05) is 39.0 Å². The standard InChI is InChI=1S/C18H31N3O/c1-4-11-21(14-9-10-14)18(22)12-17(19)20-16-8-6-5-7-15(16)13(2)3/h5-8,13-14,17-18,20,22H,4,9-12,19H2,1-3H3. The first-order chi connectivity index (χ1) is 10.5. The molecule has 1 saturated carbocycles. The van der Waals surface area contributed by atoms with Crippen molar-refractivity contribution in [1.29, 1.82) is 0 Å². The van der Waals surface area contributed by atoms with Gasteiger partial charge in [0.1, 0.15) is 6.23 Å². The van der Waals surface area contributed by atoms with Crippen molar-refractivity contribution in [2.24, 2.45) is 5.73 Å². The van der Waals surface area contributed by atoms with E-state index in [0.717, 1.165) is 18.7 Å². The van der Waals surface area contributed by atoms with Crippen molar-refractivity contribution in [3.05, 3.63) is 29.8 Å². The second-order valence-corrected chi connectivity index (χ2v) is 6.68. The highest BCUT2D eigenvalue weighted by Crippen LogP contribution is 2.29. The molecule has 4 N–H and O–H groups in total. The van der Waals surface area contributed by atoms with Gasteiger partial charge in [0.2, 0.25) is 0 Å². The van der Waals surface area contributed by atoms with Gasteiger partial charge < -0.3 is 16.2 Å². The summed E-state index contributed by atoms with van der Waals surface area (Å²) in [6, 6.07) is 8.82. The minimum Gasteiger partial charge on any atom is -0.378 e. The van der Waals surface area contributed by atoms with Gasteiger partial charge in [-0.05, 0) is 36.8 Å². The van der Waals surface area contributed by atoms with Gasteiger partial charge in [-0.25, -0.2) is 0 Å². The van der Waals surface area contributed by atoms with Crippen molar-refractivity contribution in [2.45, 2.75) is 70.8 Å². The van der Waals surface area contributed by atoms with Crippen LogP contribution in [-0.2, 0) is 0 Å². The first kappa shape index (κ1) is 17.3. The van der Waals surface area contributed by atoms with Gasteiger partial charge in [0.15, 0.2) is 0 Å². The minimum atomic E-state index is -0.457. The molecule has 2 atom stereocenters. The Kier molecular flexibility index (Phi) is 6.24. The van der Waals surface area contributed by atoms with Crippen molar-refractivity contribution < 1.29 is 5.11 Å². The Balaban J connectivity index is 1.93. The molecule has 0 aromatic heterocycles. The van der Waals surface area contributed by atoms with Crippen molar-refractivity contribution in [2.75, 3.05) is 11.9 Å². The van der Waals surface area contributed by atoms with E-state index in [9.17, 15) is 5.11 Å². The van der Waals surface area contributed by atoms with Crippen LogP contribution < -0.4 is 11.1 Å². The maximum absolute atomic E-state index is 10.5. The lowest BCUT2D eigenvalue weighted by Gasteiger charge is -2.30. The number of benzene rings is 1. The van der Waals surface area contributed by atoms with Gasteiger partial charge in [0.25, 0.3) is 0 Å². The van der Waals surface area contributed by atoms with Crippen LogP contribution in [0, 0.1) is 0 Å². The third-order valence-corrected chi connectivity index (χ3v) is 4.27. The number of nitrogens with one attached hydrogen (secondary N) is 1. The van der Waals surface area contributed by atoms with E-state index in [-0.39, 0.29) is 6.17 Å². The molecule has 1 aliphatic rings. The zero-order valence-corrected chi connectivity index (χ0v) is 14.1. The van der Waals surface area contributed by atoms with Gasteiger partial charge in [-0.3, -0.25) is 4.90 Å². The van der Waals surface area contributed by atoms with Crippen LogP contribution in [0.1, 0.15) is 57.9 Å². The topological polar surface area (TPSA) is 61.5 Å². The van der Waals surface area contributed by atoms with Gasteiger partial charge in [0, 0.05) is 24.7 Å². The number of hydrogen-bond acceptors (Lipinski definition) is 4. The summed E-state index contributed by atoms with van der Waals surface area (Å²) in [7, 11) is 0. The Labute approximate surface area is 134 Å². The van der Waals surface area contributed by atoms with E-state index in [4.69, 9.17) is 5.73 Å². The molecule has 0 radical (unpaired) electrons. The number of aliphatic hydroxyl groups excluding tert-OH is 1. The van der Waals surface area contributed by atoms with Crippen LogP contribution in [0.25, 0.3) is 0 Å². The molecule has 22 heavy (non-hydrogen) atoms. The van der Waals surface area contributed by atoms with Gasteiger partial charge >= 0.3 is 0 Å². The van der Waals surface area contributed by atoms with E-state index in [1.807, 2.05) is 6.07 Å². The summed E-state index contributed by atoms with van der Waals surface area (Å²) in [6.45, 7) is 7.45. The van der Waals surface area contributed by atoms with Crippen LogP contribution in [0.15, 0.2) is 24.3 Å². The number of nitrogens with two attached hydrogens (primary N) is 1. The number of rotatable bonds is 9. The molecule has 4 nitrogen and oxygen atoms in total. The summed E-state index contributed by atoms with van der Waals surface area (Å²) in [6.07, 6.45) is 3.32. The Bertz CT molecular complexity index is 459. The smallest absolute Gasteiger partial charge is 0.110 e. The largest absolute Gasteiger partial charge is 0.378 e. The van der Waals surface area contributed by atoms with Gasteiger partial charge in [-0.15, -0.1) is 0 Å². The fourth-order valence-electron chi connectivity index (χ4n) is 2.99. The molecule has 4 heteroatoms. The predicted molar refractivity (Wildman–Crippen MR) is 92.8 cm³/mol. The number of anilines is 1. The Morgan fingerprint density at radius 3 is 2.59 bits per heavy atom. The molecule has 1 aromatic carbocycles. The average Bonchev–Trinajstić information content (AvgIpc) is 3.29. The number of nitrogens with zero attached hydrogens (tertiary/aromatic N) is 1. The highest BCUT2D eigenvalue weighted by molar-refractivity contribution is 5.53. The van der Waals surface area contributed by atoms with Crippen LogP contribution in [0.5, 0.6) is 0 Å². The monoisotopic (exact) mass is 305 g/mol. The van der Waals surface area contributed by atoms with Gasteiger partial charge in [0.05, 0.1) is 6.17 Å². The molecule has 2 rings (SSSR count). The fraction of sp³-hybridized carbons (Fsp3) is 0.667. The predicted octanol–water partition coefficient (Wildman–Crippen LogP) is 3.09. The summed E-state index contributed by atoms with van der Waals surface area (Å²) in [4.78, 5) is 2.20. The maximum Gasteiger partial charge on any atom is 0.110 e. The molecule has 0 spiro atoms. The van der Waals surface area contributed by atoms with E-state index < -0.39 is 6.23 Å². The zero-order chi connectivity index (χ0) is 16.1. The SMILES string of the molecule is CCCN(C(O)CC(N)Nc1ccccc1C(C)C)C1CC1. The second-order valence-electron chi connectivity index (χ2n) is 6.68. The van der Waals surface area contributed by atoms with Crippen molar-refractivity contribution >= 4 is 5.69 Å². The van der Waals surface area contributed by atoms with E-state index in [1.165, 1.54) is 18.4 Å². The molecule has 124 valence electrons. The van der Waals surface area contributed by atoms with Crippen LogP contribution in [0.2, 0.25) is 0 Å². The van der Waals surface area contributed by atoms with E-state index in [1.54, 1.807) is 0 Å². The highest BCUT2D eigenvalue weighted by atomic mass is 16.3. The molecule has 0 bridgehead atoms. The fourth-order valence-corrected chi connectivity index (χ4v) is 2.99. The zero-order valence-electron chi connectivity index (χ0n) is 14.1. The molecule has 2 unspecified atom stereocenters. The lowest BCUT2D eigenvalue weighted by molar-refractivity contribution is -0.0110. The normalized spacial score (nSPS) is 17.8. The first-order valence-electron chi connectivity index (χ1n) is 8.57. The third kappa shape index (κ3) is 4.70. The van der Waals surface area contributed by atoms with Gasteiger partial charge in [-0.2, -0.15) is 0 Å². The lowest BCUT2D eigenvalue weighted by atomic mass is 10.0. The van der Waals surface area contributed by atoms with Crippen molar-refractivity contribution in [3.63, 3.8) is 0 Å². The lowest BCUT2D eigenvalue weighted by Crippen LogP contribution is -2.43. The first-order valence-corrected chi connectivity index (χ1v) is 8.57. The Hall–Kier alpha value is -1.10. The quantitative estimate of drug-likeness (QED) is 0.614. The van der Waals surface area contributed by atoms with Crippen LogP contribution in [-0.4, -0.2) is 35.0 Å². The highest BCUT2D eigenvalue weighted by Gasteiger charge is 2.33. The molecule has 0 amide bonds. The van der Waals surface area contributed by atoms with Crippen molar-refractivity contribution in [3.8, 4) is 0 Å². The van der Waals surface area contributed by atoms with Crippen LogP contribution >= 0.6 is 0 Å². The number of hydrogen-bond donors (Lipinski definition) is 3.